The molecule has 0 aliphatic heterocycles. The van der Waals surface area contributed by atoms with Crippen molar-refractivity contribution in [2.75, 3.05) is 18.5 Å². The summed E-state index contributed by atoms with van der Waals surface area (Å²) in [7, 11) is 0. The van der Waals surface area contributed by atoms with Gasteiger partial charge in [-0.3, -0.25) is 4.79 Å². The number of carbonyl (C=O) groups is 2. The van der Waals surface area contributed by atoms with Gasteiger partial charge in [-0.05, 0) is 49.7 Å². The van der Waals surface area contributed by atoms with Gasteiger partial charge in [-0.1, -0.05) is 31.5 Å². The maximum absolute atomic E-state index is 11.7. The molecule has 2 N–H and O–H groups in total. The molecule has 2 rings (SSSR count). The van der Waals surface area contributed by atoms with Crippen molar-refractivity contribution in [3.8, 4) is 5.75 Å². The first-order valence-electron chi connectivity index (χ1n) is 9.06. The van der Waals surface area contributed by atoms with Crippen LogP contribution in [-0.2, 0) is 14.3 Å². The number of benzene rings is 2. The molecule has 2 aromatic rings. The van der Waals surface area contributed by atoms with Gasteiger partial charge in [0.25, 0.3) is 5.91 Å². The second-order valence-electron chi connectivity index (χ2n) is 6.22. The summed E-state index contributed by atoms with van der Waals surface area (Å²) in [6.45, 7) is 3.42. The molecule has 2 aromatic carbocycles. The second-order valence-corrected chi connectivity index (χ2v) is 6.22. The Morgan fingerprint density at radius 1 is 0.963 bits per heavy atom. The summed E-state index contributed by atoms with van der Waals surface area (Å²) >= 11 is 0. The van der Waals surface area contributed by atoms with Gasteiger partial charge < -0.3 is 20.1 Å². The lowest BCUT2D eigenvalue weighted by atomic mass is 10.2. The van der Waals surface area contributed by atoms with Crippen LogP contribution in [0, 0.1) is 0 Å². The number of carbonyl (C=O) groups excluding carboxylic acids is 2. The third-order valence-corrected chi connectivity index (χ3v) is 3.77. The monoisotopic (exact) mass is 370 g/mol. The van der Waals surface area contributed by atoms with Gasteiger partial charge in [0.15, 0.2) is 13.2 Å². The lowest BCUT2D eigenvalue weighted by molar-refractivity contribution is -0.150. The number of esters is 1. The lowest BCUT2D eigenvalue weighted by Crippen LogP contribution is -2.36. The summed E-state index contributed by atoms with van der Waals surface area (Å²) in [5, 5.41) is 6.03. The average molecular weight is 370 g/mol. The minimum atomic E-state index is -0.584. The molecule has 0 aromatic heterocycles. The summed E-state index contributed by atoms with van der Waals surface area (Å²) in [6.07, 6.45) is 1.87. The van der Waals surface area contributed by atoms with Gasteiger partial charge >= 0.3 is 5.97 Å². The molecular weight excluding hydrogens is 344 g/mol. The third-order valence-electron chi connectivity index (χ3n) is 3.77. The molecular formula is C21H26N2O4. The zero-order valence-corrected chi connectivity index (χ0v) is 15.7. The molecule has 0 unspecified atom stereocenters. The molecule has 0 radical (unpaired) electrons. The Kier molecular flexibility index (Phi) is 8.16. The molecule has 0 bridgehead atoms. The van der Waals surface area contributed by atoms with Crippen LogP contribution >= 0.6 is 0 Å². The molecule has 0 aliphatic rings. The van der Waals surface area contributed by atoms with Crippen molar-refractivity contribution >= 4 is 23.3 Å². The van der Waals surface area contributed by atoms with Crippen molar-refractivity contribution in [3.05, 3.63) is 54.6 Å². The van der Waals surface area contributed by atoms with Crippen LogP contribution < -0.4 is 15.4 Å². The van der Waals surface area contributed by atoms with Crippen molar-refractivity contribution in [2.24, 2.45) is 0 Å². The minimum absolute atomic E-state index is 0.0699. The van der Waals surface area contributed by atoms with Gasteiger partial charge in [-0.25, -0.2) is 4.79 Å². The van der Waals surface area contributed by atoms with Crippen molar-refractivity contribution < 1.29 is 19.1 Å². The lowest BCUT2D eigenvalue weighted by Gasteiger charge is -2.13. The van der Waals surface area contributed by atoms with Crippen LogP contribution in [0.3, 0.4) is 0 Å². The molecule has 1 atom stereocenters. The number of ether oxygens (including phenoxy) is 2. The number of rotatable bonds is 10. The minimum Gasteiger partial charge on any atom is -0.482 e. The molecule has 0 saturated carbocycles. The van der Waals surface area contributed by atoms with Gasteiger partial charge in [0.2, 0.25) is 0 Å². The van der Waals surface area contributed by atoms with Crippen LogP contribution in [0.2, 0.25) is 0 Å². The predicted molar refractivity (Wildman–Crippen MR) is 105 cm³/mol. The van der Waals surface area contributed by atoms with E-state index in [9.17, 15) is 9.59 Å². The molecule has 0 aliphatic carbocycles. The molecule has 0 saturated heterocycles. The smallest absolute Gasteiger partial charge is 0.344 e. The topological polar surface area (TPSA) is 76.7 Å². The highest BCUT2D eigenvalue weighted by atomic mass is 16.6. The predicted octanol–water partition coefficient (Wildman–Crippen LogP) is 3.66. The Morgan fingerprint density at radius 2 is 1.63 bits per heavy atom. The number of hydrogen-bond donors (Lipinski definition) is 2. The molecule has 6 heteroatoms. The van der Waals surface area contributed by atoms with E-state index in [0.29, 0.717) is 5.75 Å². The summed E-state index contributed by atoms with van der Waals surface area (Å²) in [5.41, 5.74) is 1.90. The third kappa shape index (κ3) is 7.81. The standard InChI is InChI=1S/C21H26N2O4/c1-3-7-16(2)22-20(24)14-27-21(25)15-26-19-12-10-18(11-13-19)23-17-8-5-4-6-9-17/h4-6,8-13,16,23H,3,7,14-15H2,1-2H3,(H,22,24)/t16-/m0/s1. The number of para-hydroxylation sites is 1. The quantitative estimate of drug-likeness (QED) is 0.624. The van der Waals surface area contributed by atoms with E-state index in [2.05, 4.69) is 10.6 Å². The summed E-state index contributed by atoms with van der Waals surface area (Å²) in [5.74, 6) is -0.341. The van der Waals surface area contributed by atoms with E-state index in [1.807, 2.05) is 56.3 Å². The van der Waals surface area contributed by atoms with Crippen molar-refractivity contribution in [3.63, 3.8) is 0 Å². The molecule has 27 heavy (non-hydrogen) atoms. The van der Waals surface area contributed by atoms with E-state index in [1.54, 1.807) is 12.1 Å². The van der Waals surface area contributed by atoms with Gasteiger partial charge in [-0.2, -0.15) is 0 Å². The van der Waals surface area contributed by atoms with E-state index >= 15 is 0 Å². The fourth-order valence-corrected chi connectivity index (χ4v) is 2.47. The molecule has 1 amide bonds. The van der Waals surface area contributed by atoms with Crippen LogP contribution in [0.25, 0.3) is 0 Å². The van der Waals surface area contributed by atoms with Gasteiger partial charge in [0.05, 0.1) is 0 Å². The van der Waals surface area contributed by atoms with Gasteiger partial charge in [0, 0.05) is 17.4 Å². The first kappa shape index (κ1) is 20.3. The highest BCUT2D eigenvalue weighted by Crippen LogP contribution is 2.19. The Hall–Kier alpha value is -3.02. The highest BCUT2D eigenvalue weighted by Gasteiger charge is 2.10. The van der Waals surface area contributed by atoms with E-state index in [1.165, 1.54) is 0 Å². The fraction of sp³-hybridized carbons (Fsp3) is 0.333. The zero-order chi connectivity index (χ0) is 19.5. The van der Waals surface area contributed by atoms with E-state index < -0.39 is 5.97 Å². The van der Waals surface area contributed by atoms with E-state index in [4.69, 9.17) is 9.47 Å². The Bertz CT molecular complexity index is 717. The first-order chi connectivity index (χ1) is 13.1. The van der Waals surface area contributed by atoms with Crippen LogP contribution in [0.4, 0.5) is 11.4 Å². The molecule has 144 valence electrons. The van der Waals surface area contributed by atoms with Crippen LogP contribution in [0.15, 0.2) is 54.6 Å². The fourth-order valence-electron chi connectivity index (χ4n) is 2.47. The molecule has 6 nitrogen and oxygen atoms in total. The van der Waals surface area contributed by atoms with Crippen LogP contribution in [0.1, 0.15) is 26.7 Å². The second kappa shape index (κ2) is 10.9. The summed E-state index contributed by atoms with van der Waals surface area (Å²) in [6, 6.07) is 17.1. The summed E-state index contributed by atoms with van der Waals surface area (Å²) < 4.78 is 10.3. The van der Waals surface area contributed by atoms with Crippen LogP contribution in [-0.4, -0.2) is 31.1 Å². The number of anilines is 2. The SMILES string of the molecule is CCC[C@H](C)NC(=O)COC(=O)COc1ccc(Nc2ccccc2)cc1. The average Bonchev–Trinajstić information content (AvgIpc) is 2.67. The molecule has 0 heterocycles. The Labute approximate surface area is 159 Å². The van der Waals surface area contributed by atoms with Gasteiger partial charge in [0.1, 0.15) is 5.75 Å². The normalized spacial score (nSPS) is 11.3. The Morgan fingerprint density at radius 3 is 2.30 bits per heavy atom. The largest absolute Gasteiger partial charge is 0.482 e. The maximum atomic E-state index is 11.7. The number of nitrogens with one attached hydrogen (secondary N) is 2. The van der Waals surface area contributed by atoms with Crippen molar-refractivity contribution in [1.82, 2.24) is 5.32 Å². The van der Waals surface area contributed by atoms with Gasteiger partial charge in [-0.15, -0.1) is 0 Å². The number of hydrogen-bond acceptors (Lipinski definition) is 5. The highest BCUT2D eigenvalue weighted by molar-refractivity contribution is 5.81. The molecule has 0 fully saturated rings. The van der Waals surface area contributed by atoms with E-state index in [0.717, 1.165) is 24.2 Å². The number of amides is 1. The Balaban J connectivity index is 1.69. The zero-order valence-electron chi connectivity index (χ0n) is 15.7. The first-order valence-corrected chi connectivity index (χ1v) is 9.06. The van der Waals surface area contributed by atoms with Crippen molar-refractivity contribution in [1.29, 1.82) is 0 Å². The molecule has 0 spiro atoms. The summed E-state index contributed by atoms with van der Waals surface area (Å²) in [4.78, 5) is 23.4. The van der Waals surface area contributed by atoms with Crippen LogP contribution in [0.5, 0.6) is 5.75 Å². The van der Waals surface area contributed by atoms with Crippen molar-refractivity contribution in [2.45, 2.75) is 32.7 Å². The van der Waals surface area contributed by atoms with E-state index in [-0.39, 0.29) is 25.2 Å². The maximum Gasteiger partial charge on any atom is 0.344 e.